The third-order valence-corrected chi connectivity index (χ3v) is 10.8. The van der Waals surface area contributed by atoms with Gasteiger partial charge in [-0.25, -0.2) is 0 Å². The fraction of sp³-hybridized carbons (Fsp3) is 0.714. The minimum absolute atomic E-state index is 0.0164. The number of carbonyl (C=O) groups is 2. The average molecular weight is 496 g/mol. The number of carbonyl (C=O) groups excluding carboxylic acids is 2. The second-order valence-electron chi connectivity index (χ2n) is 12.3. The molecule has 1 aromatic carbocycles. The number of phenolic OH excluding ortho intramolecular Hbond substituents is 1. The number of piperidine rings is 1. The van der Waals surface area contributed by atoms with Gasteiger partial charge in [-0.3, -0.25) is 14.5 Å². The molecule has 3 N–H and O–H groups in total. The highest BCUT2D eigenvalue weighted by atomic mass is 16.6. The molecular formula is C28H37N3O5. The number of phenols is 1. The first-order valence-electron chi connectivity index (χ1n) is 13.7. The zero-order chi connectivity index (χ0) is 24.9. The summed E-state index contributed by atoms with van der Waals surface area (Å²) < 4.78 is 13.3. The fourth-order valence-electron chi connectivity index (χ4n) is 9.29. The quantitative estimate of drug-likeness (QED) is 0.534. The van der Waals surface area contributed by atoms with E-state index in [1.165, 1.54) is 37.4 Å². The molecule has 2 aliphatic heterocycles. The van der Waals surface area contributed by atoms with E-state index >= 15 is 0 Å². The molecule has 8 rings (SSSR count). The minimum Gasteiger partial charge on any atom is -0.504 e. The molecule has 7 aliphatic rings. The number of fused-ring (bicyclic) bond motifs is 2. The maximum atomic E-state index is 12.5. The van der Waals surface area contributed by atoms with Gasteiger partial charge in [-0.05, 0) is 69.0 Å². The number of likely N-dealkylation sites (tertiary alicyclic amines) is 1. The molecule has 1 unspecified atom stereocenters. The first-order valence-corrected chi connectivity index (χ1v) is 13.7. The maximum Gasteiger partial charge on any atom is 0.239 e. The van der Waals surface area contributed by atoms with Gasteiger partial charge in [0.15, 0.2) is 11.5 Å². The Labute approximate surface area is 212 Å². The van der Waals surface area contributed by atoms with E-state index in [-0.39, 0.29) is 47.0 Å². The largest absolute Gasteiger partial charge is 0.504 e. The Hall–Kier alpha value is -2.32. The third kappa shape index (κ3) is 2.77. The van der Waals surface area contributed by atoms with Gasteiger partial charge in [-0.1, -0.05) is 6.07 Å². The van der Waals surface area contributed by atoms with Crippen LogP contribution in [-0.2, 0) is 26.2 Å². The van der Waals surface area contributed by atoms with Crippen LogP contribution >= 0.6 is 0 Å². The summed E-state index contributed by atoms with van der Waals surface area (Å²) in [5.41, 5.74) is 1.92. The number of methoxy groups -OCH3 is 1. The molecule has 8 heteroatoms. The van der Waals surface area contributed by atoms with E-state index in [2.05, 4.69) is 21.6 Å². The predicted octanol–water partition coefficient (Wildman–Crippen LogP) is 1.87. The summed E-state index contributed by atoms with van der Waals surface area (Å²) in [7, 11) is 1.79. The zero-order valence-electron chi connectivity index (χ0n) is 21.3. The van der Waals surface area contributed by atoms with Gasteiger partial charge in [0.05, 0.1) is 6.54 Å². The molecule has 4 saturated carbocycles. The first-order chi connectivity index (χ1) is 17.3. The molecule has 1 aromatic rings. The van der Waals surface area contributed by atoms with Crippen LogP contribution < -0.4 is 15.4 Å². The molecule has 0 radical (unpaired) electrons. The Balaban J connectivity index is 1.30. The lowest BCUT2D eigenvalue weighted by Gasteiger charge is -2.74. The van der Waals surface area contributed by atoms with Gasteiger partial charge in [-0.2, -0.15) is 0 Å². The Bertz CT molecular complexity index is 1140. The van der Waals surface area contributed by atoms with Crippen LogP contribution in [0, 0.1) is 17.3 Å². The van der Waals surface area contributed by atoms with Gasteiger partial charge in [0.2, 0.25) is 11.8 Å². The van der Waals surface area contributed by atoms with E-state index in [4.69, 9.17) is 9.47 Å². The van der Waals surface area contributed by atoms with E-state index in [0.717, 1.165) is 44.6 Å². The van der Waals surface area contributed by atoms with Gasteiger partial charge >= 0.3 is 0 Å². The lowest BCUT2D eigenvalue weighted by molar-refractivity contribution is -0.276. The number of rotatable bonds is 7. The van der Waals surface area contributed by atoms with Crippen LogP contribution in [0.15, 0.2) is 12.1 Å². The molecule has 8 nitrogen and oxygen atoms in total. The number of amides is 2. The highest BCUT2D eigenvalue weighted by Crippen LogP contribution is 2.76. The normalized spacial score (nSPS) is 39.3. The first kappa shape index (κ1) is 22.8. The van der Waals surface area contributed by atoms with Crippen LogP contribution in [0.2, 0.25) is 0 Å². The molecule has 36 heavy (non-hydrogen) atoms. The van der Waals surface area contributed by atoms with E-state index in [0.29, 0.717) is 18.3 Å². The van der Waals surface area contributed by atoms with Crippen molar-refractivity contribution in [2.45, 2.75) is 75.0 Å². The van der Waals surface area contributed by atoms with Crippen molar-refractivity contribution in [2.24, 2.45) is 17.3 Å². The molecule has 5 fully saturated rings. The van der Waals surface area contributed by atoms with Crippen LogP contribution in [0.25, 0.3) is 0 Å². The number of nitrogens with zero attached hydrogens (tertiary/aromatic N) is 1. The Kier molecular flexibility index (Phi) is 4.82. The summed E-state index contributed by atoms with van der Waals surface area (Å²) >= 11 is 0. The van der Waals surface area contributed by atoms with Crippen LogP contribution in [-0.4, -0.2) is 72.9 Å². The van der Waals surface area contributed by atoms with Crippen molar-refractivity contribution in [1.29, 1.82) is 0 Å². The Morgan fingerprint density at radius 2 is 2.06 bits per heavy atom. The number of nitrogens with one attached hydrogen (secondary N) is 2. The van der Waals surface area contributed by atoms with Crippen LogP contribution in [0.1, 0.15) is 56.6 Å². The molecule has 194 valence electrons. The lowest BCUT2D eigenvalue weighted by atomic mass is 9.35. The molecule has 6 atom stereocenters. The van der Waals surface area contributed by atoms with E-state index < -0.39 is 5.60 Å². The summed E-state index contributed by atoms with van der Waals surface area (Å²) in [6.07, 6.45) is 7.47. The molecule has 0 aromatic heterocycles. The van der Waals surface area contributed by atoms with Gasteiger partial charge in [0.1, 0.15) is 11.7 Å². The number of ether oxygens (including phenoxy) is 2. The molecule has 5 aliphatic carbocycles. The monoisotopic (exact) mass is 495 g/mol. The summed E-state index contributed by atoms with van der Waals surface area (Å²) in [5.74, 6) is 1.44. The second-order valence-corrected chi connectivity index (χ2v) is 12.3. The molecule has 2 heterocycles. The molecule has 1 saturated heterocycles. The average Bonchev–Trinajstić information content (AvgIpc) is 3.61. The third-order valence-electron chi connectivity index (χ3n) is 10.8. The van der Waals surface area contributed by atoms with Gasteiger partial charge in [-0.15, -0.1) is 0 Å². The summed E-state index contributed by atoms with van der Waals surface area (Å²) in [5, 5.41) is 16.6. The maximum absolute atomic E-state index is 12.5. The predicted molar refractivity (Wildman–Crippen MR) is 132 cm³/mol. The minimum atomic E-state index is -0.535. The standard InChI is InChI=1S/C28H37N3O5/c1-16(32)29-14-22(34)30-13-19-12-26-7-8-28(19,35-2)25-27(26)9-10-31(15-17-3-4-17)21(26)11-18-5-6-20(33)24(36-25)23(18)27/h5-6,17,19,21,25,33H,3-4,7-15H2,1-2H3,(H,29,32)(H,30,34)/t19-,21-,25-,26-,27?,28-/m1/s1. The van der Waals surface area contributed by atoms with Gasteiger partial charge in [0.25, 0.3) is 0 Å². The summed E-state index contributed by atoms with van der Waals surface area (Å²) in [6.45, 7) is 4.14. The number of hydrogen-bond acceptors (Lipinski definition) is 6. The van der Waals surface area contributed by atoms with E-state index in [1.807, 2.05) is 6.07 Å². The Morgan fingerprint density at radius 3 is 2.81 bits per heavy atom. The van der Waals surface area contributed by atoms with Crippen molar-refractivity contribution in [3.8, 4) is 11.5 Å². The number of benzene rings is 1. The van der Waals surface area contributed by atoms with Crippen molar-refractivity contribution >= 4 is 11.8 Å². The van der Waals surface area contributed by atoms with E-state index in [1.54, 1.807) is 7.11 Å². The van der Waals surface area contributed by atoms with Crippen molar-refractivity contribution in [1.82, 2.24) is 15.5 Å². The summed E-state index contributed by atoms with van der Waals surface area (Å²) in [4.78, 5) is 26.6. The number of aromatic hydroxyl groups is 1. The van der Waals surface area contributed by atoms with Gasteiger partial charge < -0.3 is 25.2 Å². The molecule has 4 bridgehead atoms. The zero-order valence-corrected chi connectivity index (χ0v) is 21.3. The highest BCUT2D eigenvalue weighted by Gasteiger charge is 2.80. The van der Waals surface area contributed by atoms with Crippen LogP contribution in [0.4, 0.5) is 0 Å². The van der Waals surface area contributed by atoms with Crippen LogP contribution in [0.3, 0.4) is 0 Å². The van der Waals surface area contributed by atoms with Crippen molar-refractivity contribution in [2.75, 3.05) is 33.3 Å². The van der Waals surface area contributed by atoms with Gasteiger partial charge in [0, 0.05) is 55.5 Å². The second kappa shape index (κ2) is 7.60. The SMILES string of the molecule is CO[C@]12CC[C@@]3(C[C@@H]1CNC(=O)CNC(C)=O)[C@H]1Cc4ccc(O)c5c4C3(CCN1CC1CC1)[C@H]2O5. The topological polar surface area (TPSA) is 100 Å². The van der Waals surface area contributed by atoms with Crippen molar-refractivity contribution in [3.05, 3.63) is 23.3 Å². The highest BCUT2D eigenvalue weighted by molar-refractivity contribution is 5.83. The summed E-state index contributed by atoms with van der Waals surface area (Å²) in [6, 6.07) is 4.37. The molecule has 2 spiro atoms. The molecular weight excluding hydrogens is 458 g/mol. The molecule has 2 amide bonds. The lowest BCUT2D eigenvalue weighted by Crippen LogP contribution is -2.81. The van der Waals surface area contributed by atoms with E-state index in [9.17, 15) is 14.7 Å². The van der Waals surface area contributed by atoms with Crippen molar-refractivity contribution < 1.29 is 24.2 Å². The smallest absolute Gasteiger partial charge is 0.239 e. The Morgan fingerprint density at radius 1 is 1.22 bits per heavy atom. The number of hydrogen-bond donors (Lipinski definition) is 3. The van der Waals surface area contributed by atoms with Crippen LogP contribution in [0.5, 0.6) is 11.5 Å². The fourth-order valence-corrected chi connectivity index (χ4v) is 9.29. The van der Waals surface area contributed by atoms with Crippen molar-refractivity contribution in [3.63, 3.8) is 0 Å².